The summed E-state index contributed by atoms with van der Waals surface area (Å²) in [5, 5.41) is 2.71. The van der Waals surface area contributed by atoms with Crippen LogP contribution in [-0.2, 0) is 11.2 Å². The fraction of sp³-hybridized carbons (Fsp3) is 0.0345. The summed E-state index contributed by atoms with van der Waals surface area (Å²) >= 11 is 0. The van der Waals surface area contributed by atoms with Crippen LogP contribution in [0.5, 0.6) is 11.5 Å². The number of para-hydroxylation sites is 2. The topological polar surface area (TPSA) is 64.6 Å². The Morgan fingerprint density at radius 3 is 1.68 bits per heavy atom. The molecule has 0 fully saturated rings. The number of anilines is 1. The predicted octanol–water partition coefficient (Wildman–Crippen LogP) is 6.62. The van der Waals surface area contributed by atoms with E-state index >= 15 is 0 Å². The van der Waals surface area contributed by atoms with E-state index in [1.165, 1.54) is 0 Å². The Kier molecular flexibility index (Phi) is 7.49. The highest BCUT2D eigenvalue weighted by Crippen LogP contribution is 2.16. The molecule has 0 spiro atoms. The molecular weight excluding hydrogens is 426 g/mol. The van der Waals surface area contributed by atoms with Gasteiger partial charge in [-0.15, -0.1) is 0 Å². The number of carbonyl (C=O) groups excluding carboxylic acids is 2. The second-order valence-electron chi connectivity index (χ2n) is 7.49. The second kappa shape index (κ2) is 11.3. The number of carbonyl (C=O) groups is 2. The predicted molar refractivity (Wildman–Crippen MR) is 134 cm³/mol. The van der Waals surface area contributed by atoms with Crippen molar-refractivity contribution in [1.29, 1.82) is 0 Å². The van der Waals surface area contributed by atoms with E-state index in [0.29, 0.717) is 17.2 Å². The van der Waals surface area contributed by atoms with Crippen LogP contribution in [0.25, 0.3) is 12.2 Å². The van der Waals surface area contributed by atoms with E-state index < -0.39 is 6.09 Å². The van der Waals surface area contributed by atoms with Gasteiger partial charge in [0.2, 0.25) is 0 Å². The number of nitrogens with one attached hydrogen (secondary N) is 1. The number of esters is 1. The summed E-state index contributed by atoms with van der Waals surface area (Å²) in [7, 11) is 0. The van der Waals surface area contributed by atoms with Crippen LogP contribution in [0.15, 0.2) is 109 Å². The van der Waals surface area contributed by atoms with Crippen molar-refractivity contribution in [1.82, 2.24) is 0 Å². The molecule has 0 aliphatic carbocycles. The van der Waals surface area contributed by atoms with E-state index in [1.54, 1.807) is 36.4 Å². The molecule has 5 heteroatoms. The van der Waals surface area contributed by atoms with Gasteiger partial charge in [0.1, 0.15) is 11.5 Å². The lowest BCUT2D eigenvalue weighted by Gasteiger charge is -2.06. The van der Waals surface area contributed by atoms with Crippen molar-refractivity contribution >= 4 is 29.9 Å². The average molecular weight is 450 g/mol. The van der Waals surface area contributed by atoms with Crippen molar-refractivity contribution in [2.75, 3.05) is 5.32 Å². The smallest absolute Gasteiger partial charge is 0.417 e. The Balaban J connectivity index is 1.27. The largest absolute Gasteiger partial charge is 0.426 e. The first-order chi connectivity index (χ1) is 16.6. The van der Waals surface area contributed by atoms with Gasteiger partial charge in [-0.25, -0.2) is 4.79 Å². The van der Waals surface area contributed by atoms with Crippen LogP contribution in [0, 0.1) is 0 Å². The van der Waals surface area contributed by atoms with Gasteiger partial charge in [-0.2, -0.15) is 0 Å². The van der Waals surface area contributed by atoms with Crippen molar-refractivity contribution in [3.8, 4) is 11.5 Å². The molecule has 5 nitrogen and oxygen atoms in total. The van der Waals surface area contributed by atoms with Gasteiger partial charge in [0.05, 0.1) is 6.42 Å². The molecular formula is C29H23NO4. The van der Waals surface area contributed by atoms with Crippen LogP contribution in [0.2, 0.25) is 0 Å². The van der Waals surface area contributed by atoms with E-state index in [-0.39, 0.29) is 12.4 Å². The molecule has 1 amide bonds. The maximum atomic E-state index is 12.1. The highest BCUT2D eigenvalue weighted by molar-refractivity contribution is 5.86. The third kappa shape index (κ3) is 6.93. The molecule has 0 aliphatic rings. The first-order valence-corrected chi connectivity index (χ1v) is 10.8. The summed E-state index contributed by atoms with van der Waals surface area (Å²) in [5.74, 6) is 0.732. The zero-order chi connectivity index (χ0) is 23.6. The number of amides is 1. The number of benzene rings is 4. The Bertz CT molecular complexity index is 1150. The maximum Gasteiger partial charge on any atom is 0.417 e. The van der Waals surface area contributed by atoms with E-state index in [4.69, 9.17) is 9.47 Å². The normalized spacial score (nSPS) is 10.6. The van der Waals surface area contributed by atoms with Crippen LogP contribution in [0.1, 0.15) is 16.7 Å². The van der Waals surface area contributed by atoms with Crippen molar-refractivity contribution in [2.45, 2.75) is 6.42 Å². The lowest BCUT2D eigenvalue weighted by molar-refractivity contribution is -0.133. The van der Waals surface area contributed by atoms with Gasteiger partial charge >= 0.3 is 12.1 Å². The molecule has 34 heavy (non-hydrogen) atoms. The van der Waals surface area contributed by atoms with Gasteiger partial charge in [-0.3, -0.25) is 10.1 Å². The number of hydrogen-bond acceptors (Lipinski definition) is 4. The summed E-state index contributed by atoms with van der Waals surface area (Å²) in [5.41, 5.74) is 3.52. The van der Waals surface area contributed by atoms with Crippen molar-refractivity contribution in [3.63, 3.8) is 0 Å². The molecule has 0 aliphatic heterocycles. The van der Waals surface area contributed by atoms with E-state index in [1.807, 2.05) is 84.9 Å². The minimum atomic E-state index is -0.540. The summed E-state index contributed by atoms with van der Waals surface area (Å²) in [6.45, 7) is 0. The molecule has 0 saturated heterocycles. The van der Waals surface area contributed by atoms with Crippen LogP contribution in [0.4, 0.5) is 10.5 Å². The van der Waals surface area contributed by atoms with Crippen LogP contribution >= 0.6 is 0 Å². The zero-order valence-corrected chi connectivity index (χ0v) is 18.4. The monoisotopic (exact) mass is 449 g/mol. The Hall–Kier alpha value is -4.64. The Labute approximate surface area is 198 Å². The first-order valence-electron chi connectivity index (χ1n) is 10.8. The molecule has 0 aromatic heterocycles. The van der Waals surface area contributed by atoms with Crippen molar-refractivity contribution in [3.05, 3.63) is 126 Å². The Morgan fingerprint density at radius 2 is 1.12 bits per heavy atom. The Morgan fingerprint density at radius 1 is 0.618 bits per heavy atom. The molecule has 0 radical (unpaired) electrons. The summed E-state index contributed by atoms with van der Waals surface area (Å²) in [4.78, 5) is 24.1. The highest BCUT2D eigenvalue weighted by atomic mass is 16.6. The molecule has 0 atom stereocenters. The average Bonchev–Trinajstić information content (AvgIpc) is 2.85. The standard InChI is InChI=1S/C29H23NO4/c31-28(33-26-7-3-1-4-8-26)21-24-15-13-22(14-16-24)11-12-23-17-19-25(20-18-23)30-29(32)34-27-9-5-2-6-10-27/h1-20H,21H2,(H,30,32)/b12-11+. The number of hydrogen-bond donors (Lipinski definition) is 1. The van der Waals surface area contributed by atoms with Gasteiger partial charge in [-0.05, 0) is 53.1 Å². The number of ether oxygens (including phenoxy) is 2. The van der Waals surface area contributed by atoms with Crippen LogP contribution < -0.4 is 14.8 Å². The third-order valence-corrected chi connectivity index (χ3v) is 4.88. The van der Waals surface area contributed by atoms with Crippen molar-refractivity contribution in [2.24, 2.45) is 0 Å². The molecule has 0 heterocycles. The van der Waals surface area contributed by atoms with E-state index in [0.717, 1.165) is 16.7 Å². The van der Waals surface area contributed by atoms with Crippen molar-refractivity contribution < 1.29 is 19.1 Å². The SMILES string of the molecule is O=C(Cc1ccc(/C=C/c2ccc(NC(=O)Oc3ccccc3)cc2)cc1)Oc1ccccc1. The quantitative estimate of drug-likeness (QED) is 0.196. The zero-order valence-electron chi connectivity index (χ0n) is 18.4. The summed E-state index contributed by atoms with van der Waals surface area (Å²) < 4.78 is 10.6. The fourth-order valence-electron chi connectivity index (χ4n) is 3.18. The van der Waals surface area contributed by atoms with Gasteiger partial charge in [0, 0.05) is 5.69 Å². The molecule has 0 saturated carbocycles. The van der Waals surface area contributed by atoms with Gasteiger partial charge in [0.25, 0.3) is 0 Å². The van der Waals surface area contributed by atoms with E-state index in [2.05, 4.69) is 5.32 Å². The lowest BCUT2D eigenvalue weighted by atomic mass is 10.1. The van der Waals surface area contributed by atoms with Gasteiger partial charge in [-0.1, -0.05) is 84.9 Å². The molecule has 0 bridgehead atoms. The van der Waals surface area contributed by atoms with Crippen LogP contribution in [-0.4, -0.2) is 12.1 Å². The first kappa shape index (κ1) is 22.6. The molecule has 168 valence electrons. The van der Waals surface area contributed by atoms with Crippen LogP contribution in [0.3, 0.4) is 0 Å². The molecule has 4 aromatic carbocycles. The highest BCUT2D eigenvalue weighted by Gasteiger charge is 2.06. The van der Waals surface area contributed by atoms with Gasteiger partial charge in [0.15, 0.2) is 0 Å². The minimum absolute atomic E-state index is 0.208. The lowest BCUT2D eigenvalue weighted by Crippen LogP contribution is -2.16. The fourth-order valence-corrected chi connectivity index (χ4v) is 3.18. The summed E-state index contributed by atoms with van der Waals surface area (Å²) in [6, 6.07) is 33.1. The molecule has 1 N–H and O–H groups in total. The second-order valence-corrected chi connectivity index (χ2v) is 7.49. The molecule has 4 aromatic rings. The third-order valence-electron chi connectivity index (χ3n) is 4.88. The van der Waals surface area contributed by atoms with Gasteiger partial charge < -0.3 is 9.47 Å². The molecule has 4 rings (SSSR count). The maximum absolute atomic E-state index is 12.1. The van der Waals surface area contributed by atoms with E-state index in [9.17, 15) is 9.59 Å². The minimum Gasteiger partial charge on any atom is -0.426 e. The number of rotatable bonds is 7. The molecule has 0 unspecified atom stereocenters. The summed E-state index contributed by atoms with van der Waals surface area (Å²) in [6.07, 6.45) is 3.63.